The average molecular weight is 185 g/mol. The van der Waals surface area contributed by atoms with Crippen molar-refractivity contribution in [1.82, 2.24) is 10.3 Å². The average Bonchev–Trinajstić information content (AvgIpc) is 2.29. The molecule has 3 rings (SSSR count). The van der Waals surface area contributed by atoms with Gasteiger partial charge < -0.3 is 5.32 Å². The second-order valence-electron chi connectivity index (χ2n) is 3.47. The fourth-order valence-electron chi connectivity index (χ4n) is 1.92. The lowest BCUT2D eigenvalue weighted by atomic mass is 10.0. The van der Waals surface area contributed by atoms with Crippen molar-refractivity contribution >= 4 is 16.5 Å². The number of anilines is 1. The molecule has 14 heavy (non-hydrogen) atoms. The first-order valence-corrected chi connectivity index (χ1v) is 4.75. The van der Waals surface area contributed by atoms with Crippen LogP contribution in [0.15, 0.2) is 30.6 Å². The van der Waals surface area contributed by atoms with Crippen LogP contribution in [0.1, 0.15) is 5.56 Å². The zero-order chi connectivity index (χ0) is 9.38. The molecule has 0 saturated carbocycles. The Morgan fingerprint density at radius 3 is 3.21 bits per heavy atom. The van der Waals surface area contributed by atoms with Crippen molar-refractivity contribution < 1.29 is 0 Å². The van der Waals surface area contributed by atoms with Crippen LogP contribution in [0, 0.1) is 0 Å². The third kappa shape index (κ3) is 1.06. The highest BCUT2D eigenvalue weighted by Gasteiger charge is 2.10. The van der Waals surface area contributed by atoms with Gasteiger partial charge in [-0.2, -0.15) is 0 Å². The van der Waals surface area contributed by atoms with Gasteiger partial charge in [-0.1, -0.05) is 6.07 Å². The van der Waals surface area contributed by atoms with Gasteiger partial charge in [0.2, 0.25) is 0 Å². The van der Waals surface area contributed by atoms with Crippen molar-refractivity contribution in [2.24, 2.45) is 0 Å². The summed E-state index contributed by atoms with van der Waals surface area (Å²) in [5.41, 5.74) is 2.55. The first kappa shape index (κ1) is 7.76. The zero-order valence-electron chi connectivity index (χ0n) is 7.75. The van der Waals surface area contributed by atoms with Crippen LogP contribution in [-0.4, -0.2) is 11.7 Å². The standard InChI is InChI=1S/C11H11N3/c1-2-11-10(6-13-7-14-11)9-5-12-4-3-8(1)9/h1-5,13-14H,6-7H2. The van der Waals surface area contributed by atoms with E-state index in [0.717, 1.165) is 13.2 Å². The molecule has 0 radical (unpaired) electrons. The van der Waals surface area contributed by atoms with E-state index in [9.17, 15) is 0 Å². The molecule has 1 aromatic heterocycles. The van der Waals surface area contributed by atoms with Crippen molar-refractivity contribution in [3.05, 3.63) is 36.2 Å². The minimum absolute atomic E-state index is 0.846. The van der Waals surface area contributed by atoms with E-state index in [1.807, 2.05) is 18.5 Å². The minimum Gasteiger partial charge on any atom is -0.372 e. The van der Waals surface area contributed by atoms with Gasteiger partial charge in [-0.05, 0) is 23.1 Å². The van der Waals surface area contributed by atoms with Crippen molar-refractivity contribution in [1.29, 1.82) is 0 Å². The Hall–Kier alpha value is -1.61. The molecule has 0 atom stereocenters. The summed E-state index contributed by atoms with van der Waals surface area (Å²) in [4.78, 5) is 4.17. The monoisotopic (exact) mass is 185 g/mol. The molecule has 0 aliphatic carbocycles. The normalized spacial score (nSPS) is 14.9. The van der Waals surface area contributed by atoms with E-state index in [1.54, 1.807) is 0 Å². The molecule has 0 amide bonds. The number of pyridine rings is 1. The fraction of sp³-hybridized carbons (Fsp3) is 0.182. The van der Waals surface area contributed by atoms with Gasteiger partial charge in [0.1, 0.15) is 0 Å². The van der Waals surface area contributed by atoms with Crippen LogP contribution >= 0.6 is 0 Å². The maximum absolute atomic E-state index is 4.17. The number of nitrogens with zero attached hydrogens (tertiary/aromatic N) is 1. The molecule has 0 bridgehead atoms. The predicted molar refractivity (Wildman–Crippen MR) is 57.1 cm³/mol. The van der Waals surface area contributed by atoms with Gasteiger partial charge in [-0.3, -0.25) is 10.3 Å². The van der Waals surface area contributed by atoms with Crippen LogP contribution in [0.25, 0.3) is 10.8 Å². The smallest absolute Gasteiger partial charge is 0.0655 e. The Kier molecular flexibility index (Phi) is 1.64. The summed E-state index contributed by atoms with van der Waals surface area (Å²) in [6.45, 7) is 1.77. The molecule has 2 N–H and O–H groups in total. The fourth-order valence-corrected chi connectivity index (χ4v) is 1.92. The van der Waals surface area contributed by atoms with E-state index in [0.29, 0.717) is 0 Å². The van der Waals surface area contributed by atoms with E-state index in [4.69, 9.17) is 0 Å². The summed E-state index contributed by atoms with van der Waals surface area (Å²) in [5.74, 6) is 0. The highest BCUT2D eigenvalue weighted by Crippen LogP contribution is 2.26. The molecule has 2 heterocycles. The van der Waals surface area contributed by atoms with Crippen LogP contribution in [0.2, 0.25) is 0 Å². The highest BCUT2D eigenvalue weighted by molar-refractivity contribution is 5.89. The van der Waals surface area contributed by atoms with Crippen molar-refractivity contribution in [3.63, 3.8) is 0 Å². The molecule has 1 aliphatic heterocycles. The molecular formula is C11H11N3. The SMILES string of the molecule is c1cc2ccc3c(c2cn1)CNCN3. The minimum atomic E-state index is 0.846. The van der Waals surface area contributed by atoms with E-state index in [-0.39, 0.29) is 0 Å². The van der Waals surface area contributed by atoms with Gasteiger partial charge in [0.25, 0.3) is 0 Å². The molecule has 3 nitrogen and oxygen atoms in total. The highest BCUT2D eigenvalue weighted by atomic mass is 15.1. The third-order valence-electron chi connectivity index (χ3n) is 2.64. The summed E-state index contributed by atoms with van der Waals surface area (Å²) < 4.78 is 0. The number of fused-ring (bicyclic) bond motifs is 3. The molecular weight excluding hydrogens is 174 g/mol. The number of hydrogen-bond acceptors (Lipinski definition) is 3. The zero-order valence-corrected chi connectivity index (χ0v) is 7.75. The molecule has 1 aliphatic rings. The first-order valence-electron chi connectivity index (χ1n) is 4.75. The quantitative estimate of drug-likeness (QED) is 0.656. The van der Waals surface area contributed by atoms with E-state index < -0.39 is 0 Å². The van der Waals surface area contributed by atoms with Gasteiger partial charge in [0.05, 0.1) is 6.67 Å². The van der Waals surface area contributed by atoms with Gasteiger partial charge in [0.15, 0.2) is 0 Å². The second-order valence-corrected chi connectivity index (χ2v) is 3.47. The Morgan fingerprint density at radius 1 is 1.21 bits per heavy atom. The molecule has 0 unspecified atom stereocenters. The van der Waals surface area contributed by atoms with Crippen LogP contribution in [0.4, 0.5) is 5.69 Å². The Morgan fingerprint density at radius 2 is 2.21 bits per heavy atom. The van der Waals surface area contributed by atoms with Crippen molar-refractivity contribution in [3.8, 4) is 0 Å². The van der Waals surface area contributed by atoms with E-state index >= 15 is 0 Å². The lowest BCUT2D eigenvalue weighted by Gasteiger charge is -2.20. The number of nitrogens with one attached hydrogen (secondary N) is 2. The van der Waals surface area contributed by atoms with Crippen LogP contribution in [0.3, 0.4) is 0 Å². The summed E-state index contributed by atoms with van der Waals surface area (Å²) in [6, 6.07) is 6.32. The maximum atomic E-state index is 4.17. The topological polar surface area (TPSA) is 37.0 Å². The van der Waals surface area contributed by atoms with Crippen LogP contribution in [0.5, 0.6) is 0 Å². The van der Waals surface area contributed by atoms with Gasteiger partial charge in [-0.15, -0.1) is 0 Å². The molecule has 70 valence electrons. The second kappa shape index (κ2) is 2.96. The Bertz CT molecular complexity index is 479. The van der Waals surface area contributed by atoms with E-state index in [1.165, 1.54) is 22.0 Å². The Labute approximate surface area is 82.2 Å². The first-order chi connectivity index (χ1) is 6.95. The van der Waals surface area contributed by atoms with Crippen molar-refractivity contribution in [2.75, 3.05) is 12.0 Å². The summed E-state index contributed by atoms with van der Waals surface area (Å²) in [6.07, 6.45) is 3.77. The van der Waals surface area contributed by atoms with Crippen LogP contribution < -0.4 is 10.6 Å². The summed E-state index contributed by atoms with van der Waals surface area (Å²) >= 11 is 0. The van der Waals surface area contributed by atoms with E-state index in [2.05, 4.69) is 27.8 Å². The third-order valence-corrected chi connectivity index (χ3v) is 2.64. The lowest BCUT2D eigenvalue weighted by molar-refractivity contribution is 0.714. The molecule has 1 aromatic carbocycles. The Balaban J connectivity index is 2.34. The molecule has 0 fully saturated rings. The van der Waals surface area contributed by atoms with Gasteiger partial charge in [-0.25, -0.2) is 0 Å². The number of hydrogen-bond donors (Lipinski definition) is 2. The lowest BCUT2D eigenvalue weighted by Crippen LogP contribution is -2.27. The molecule has 0 spiro atoms. The number of benzene rings is 1. The molecule has 2 aromatic rings. The predicted octanol–water partition coefficient (Wildman–Crippen LogP) is 1.71. The molecule has 3 heteroatoms. The number of rotatable bonds is 0. The summed E-state index contributed by atoms with van der Waals surface area (Å²) in [5, 5.41) is 9.10. The molecule has 0 saturated heterocycles. The summed E-state index contributed by atoms with van der Waals surface area (Å²) in [7, 11) is 0. The van der Waals surface area contributed by atoms with Gasteiger partial charge in [0, 0.05) is 30.0 Å². The van der Waals surface area contributed by atoms with Crippen molar-refractivity contribution in [2.45, 2.75) is 6.54 Å². The maximum Gasteiger partial charge on any atom is 0.0655 e. The van der Waals surface area contributed by atoms with Gasteiger partial charge >= 0.3 is 0 Å². The largest absolute Gasteiger partial charge is 0.372 e. The van der Waals surface area contributed by atoms with Crippen LogP contribution in [-0.2, 0) is 6.54 Å². The number of aromatic nitrogens is 1.